The molecule has 1 heterocycles. The summed E-state index contributed by atoms with van der Waals surface area (Å²) in [7, 11) is 2.07. The molecular weight excluding hydrogens is 200 g/mol. The molecule has 4 nitrogen and oxygen atoms in total. The highest BCUT2D eigenvalue weighted by Gasteiger charge is 2.22. The van der Waals surface area contributed by atoms with E-state index in [4.69, 9.17) is 0 Å². The van der Waals surface area contributed by atoms with Gasteiger partial charge in [-0.3, -0.25) is 5.10 Å². The van der Waals surface area contributed by atoms with E-state index in [-0.39, 0.29) is 0 Å². The Balaban J connectivity index is 2.65. The first-order valence-corrected chi connectivity index (χ1v) is 5.68. The van der Waals surface area contributed by atoms with E-state index in [2.05, 4.69) is 53.0 Å². The average Bonchev–Trinajstić information content (AvgIpc) is 2.42. The van der Waals surface area contributed by atoms with Crippen LogP contribution in [-0.2, 0) is 13.5 Å². The van der Waals surface area contributed by atoms with Crippen LogP contribution in [0.2, 0.25) is 0 Å². The van der Waals surface area contributed by atoms with Crippen LogP contribution >= 0.6 is 0 Å². The number of H-pyrrole nitrogens is 2. The molecule has 2 rings (SSSR count). The molecule has 0 unspecified atom stereocenters. The second-order valence-corrected chi connectivity index (χ2v) is 5.26. The summed E-state index contributed by atoms with van der Waals surface area (Å²) in [6.07, 6.45) is 6.52. The lowest BCUT2D eigenvalue weighted by Gasteiger charge is -2.22. The van der Waals surface area contributed by atoms with Crippen LogP contribution in [0, 0.1) is 12.3 Å². The summed E-state index contributed by atoms with van der Waals surface area (Å²) in [5, 5.41) is 10.2. The third kappa shape index (κ3) is 2.05. The number of allylic oxidation sites excluding steroid dienone is 1. The molecule has 0 aromatic carbocycles. The summed E-state index contributed by atoms with van der Waals surface area (Å²) in [5.74, 6) is 0.976. The second kappa shape index (κ2) is 3.85. The number of nitrogens with one attached hydrogen (secondary N) is 2. The molecule has 1 aliphatic rings. The summed E-state index contributed by atoms with van der Waals surface area (Å²) in [5.41, 5.74) is 2.72. The van der Waals surface area contributed by atoms with Crippen molar-refractivity contribution in [2.75, 3.05) is 0 Å². The van der Waals surface area contributed by atoms with Gasteiger partial charge in [0, 0.05) is 12.7 Å². The molecule has 0 saturated heterocycles. The molecule has 2 N–H and O–H groups in total. The largest absolute Gasteiger partial charge is 0.333 e. The Morgan fingerprint density at radius 3 is 2.94 bits per heavy atom. The van der Waals surface area contributed by atoms with Crippen LogP contribution in [0.4, 0.5) is 0 Å². The van der Waals surface area contributed by atoms with Crippen LogP contribution in [0.1, 0.15) is 37.5 Å². The predicted molar refractivity (Wildman–Crippen MR) is 65.4 cm³/mol. The molecule has 0 spiro atoms. The Hall–Kier alpha value is -1.45. The van der Waals surface area contributed by atoms with Gasteiger partial charge in [0.2, 0.25) is 0 Å². The smallest absolute Gasteiger partial charge is 0.127 e. The van der Waals surface area contributed by atoms with Gasteiger partial charge in [0.15, 0.2) is 0 Å². The van der Waals surface area contributed by atoms with Crippen LogP contribution in [0.5, 0.6) is 0 Å². The zero-order valence-corrected chi connectivity index (χ0v) is 10.5. The fourth-order valence-electron chi connectivity index (χ4n) is 2.07. The molecule has 0 saturated carbocycles. The van der Waals surface area contributed by atoms with Crippen molar-refractivity contribution >= 4 is 6.08 Å². The van der Waals surface area contributed by atoms with Crippen molar-refractivity contribution in [3.8, 4) is 0 Å². The first-order chi connectivity index (χ1) is 7.49. The van der Waals surface area contributed by atoms with Crippen LogP contribution < -0.4 is 0 Å². The molecule has 1 aromatic heterocycles. The SMILES string of the molecule is Cc1n[nH][nH]c2c(n1C)CC(C)(C)CC=C2. The molecule has 0 radical (unpaired) electrons. The highest BCUT2D eigenvalue weighted by atomic mass is 15.3. The highest BCUT2D eigenvalue weighted by molar-refractivity contribution is 5.48. The van der Waals surface area contributed by atoms with Crippen molar-refractivity contribution in [1.29, 1.82) is 0 Å². The molecule has 88 valence electrons. The van der Waals surface area contributed by atoms with Crippen molar-refractivity contribution < 1.29 is 0 Å². The molecule has 1 aliphatic carbocycles. The van der Waals surface area contributed by atoms with Crippen molar-refractivity contribution in [3.05, 3.63) is 23.3 Å². The Labute approximate surface area is 96.1 Å². The zero-order valence-electron chi connectivity index (χ0n) is 10.5. The van der Waals surface area contributed by atoms with Gasteiger partial charge in [0.05, 0.1) is 5.69 Å². The Kier molecular flexibility index (Phi) is 2.66. The van der Waals surface area contributed by atoms with Crippen LogP contribution in [-0.4, -0.2) is 20.0 Å². The van der Waals surface area contributed by atoms with E-state index in [1.54, 1.807) is 0 Å². The van der Waals surface area contributed by atoms with Gasteiger partial charge in [0.25, 0.3) is 0 Å². The third-order valence-electron chi connectivity index (χ3n) is 3.21. The summed E-state index contributed by atoms with van der Waals surface area (Å²) in [6.45, 7) is 6.60. The predicted octanol–water partition coefficient (Wildman–Crippen LogP) is 2.49. The molecule has 0 amide bonds. The molecule has 0 fully saturated rings. The maximum atomic E-state index is 4.21. The molecule has 16 heavy (non-hydrogen) atoms. The fraction of sp³-hybridized carbons (Fsp3) is 0.583. The summed E-state index contributed by atoms with van der Waals surface area (Å²) in [4.78, 5) is 0. The van der Waals surface area contributed by atoms with Crippen LogP contribution in [0.3, 0.4) is 0 Å². The Morgan fingerprint density at radius 2 is 2.19 bits per heavy atom. The maximum Gasteiger partial charge on any atom is 0.127 e. The summed E-state index contributed by atoms with van der Waals surface area (Å²) < 4.78 is 2.15. The van der Waals surface area contributed by atoms with E-state index < -0.39 is 0 Å². The monoisotopic (exact) mass is 220 g/mol. The van der Waals surface area contributed by atoms with E-state index >= 15 is 0 Å². The first kappa shape index (κ1) is 11.0. The average molecular weight is 220 g/mol. The van der Waals surface area contributed by atoms with Gasteiger partial charge in [-0.05, 0) is 31.3 Å². The third-order valence-corrected chi connectivity index (χ3v) is 3.21. The number of rotatable bonds is 0. The Morgan fingerprint density at radius 1 is 1.44 bits per heavy atom. The lowest BCUT2D eigenvalue weighted by atomic mass is 9.85. The number of aromatic amines is 2. The van der Waals surface area contributed by atoms with Gasteiger partial charge in [-0.1, -0.05) is 19.9 Å². The van der Waals surface area contributed by atoms with E-state index in [1.165, 1.54) is 5.69 Å². The quantitative estimate of drug-likeness (QED) is 0.693. The van der Waals surface area contributed by atoms with E-state index in [0.29, 0.717) is 5.41 Å². The van der Waals surface area contributed by atoms with Crippen molar-refractivity contribution in [1.82, 2.24) is 20.0 Å². The lowest BCUT2D eigenvalue weighted by Crippen LogP contribution is -2.17. The molecule has 1 aromatic rings. The first-order valence-electron chi connectivity index (χ1n) is 5.68. The lowest BCUT2D eigenvalue weighted by molar-refractivity contribution is 0.361. The topological polar surface area (TPSA) is 49.4 Å². The Bertz CT molecular complexity index is 455. The van der Waals surface area contributed by atoms with Gasteiger partial charge >= 0.3 is 0 Å². The van der Waals surface area contributed by atoms with Crippen LogP contribution in [0.15, 0.2) is 6.08 Å². The number of nitrogens with zero attached hydrogens (tertiary/aromatic N) is 2. The molecule has 0 bridgehead atoms. The molecule has 0 atom stereocenters. The number of aryl methyl sites for hydroxylation is 1. The number of fused-ring (bicyclic) bond motifs is 1. The van der Waals surface area contributed by atoms with E-state index in [0.717, 1.165) is 24.4 Å². The molecular formula is C12H20N4. The molecule has 4 heteroatoms. The van der Waals surface area contributed by atoms with Gasteiger partial charge in [-0.15, -0.1) is 5.10 Å². The number of hydrogen-bond donors (Lipinski definition) is 2. The minimum atomic E-state index is 0.300. The number of aromatic nitrogens is 4. The normalized spacial score (nSPS) is 17.8. The van der Waals surface area contributed by atoms with Gasteiger partial charge in [0.1, 0.15) is 5.82 Å². The summed E-state index contributed by atoms with van der Waals surface area (Å²) in [6, 6.07) is 0. The minimum absolute atomic E-state index is 0.300. The second-order valence-electron chi connectivity index (χ2n) is 5.26. The van der Waals surface area contributed by atoms with Crippen molar-refractivity contribution in [2.24, 2.45) is 12.5 Å². The van der Waals surface area contributed by atoms with E-state index in [9.17, 15) is 0 Å². The standard InChI is InChI=1S/C12H20N4/c1-9-13-15-14-10-6-5-7-12(2,3)8-11(10)16(9)4/h5-6,14-15H,7-8H2,1-4H3. The molecule has 0 aliphatic heterocycles. The summed E-state index contributed by atoms with van der Waals surface area (Å²) >= 11 is 0. The van der Waals surface area contributed by atoms with Gasteiger partial charge < -0.3 is 4.57 Å². The fourth-order valence-corrected chi connectivity index (χ4v) is 2.07. The van der Waals surface area contributed by atoms with Crippen LogP contribution in [0.25, 0.3) is 6.08 Å². The van der Waals surface area contributed by atoms with E-state index in [1.807, 2.05) is 6.92 Å². The van der Waals surface area contributed by atoms with Crippen molar-refractivity contribution in [2.45, 2.75) is 33.6 Å². The number of hydrogen-bond acceptors (Lipinski definition) is 1. The van der Waals surface area contributed by atoms with Crippen molar-refractivity contribution in [3.63, 3.8) is 0 Å². The zero-order chi connectivity index (χ0) is 11.8. The minimum Gasteiger partial charge on any atom is -0.333 e. The highest BCUT2D eigenvalue weighted by Crippen LogP contribution is 2.30. The van der Waals surface area contributed by atoms with Gasteiger partial charge in [-0.25, -0.2) is 5.21 Å². The van der Waals surface area contributed by atoms with Gasteiger partial charge in [-0.2, -0.15) is 0 Å². The maximum absolute atomic E-state index is 4.21.